The van der Waals surface area contributed by atoms with Gasteiger partial charge in [0.2, 0.25) is 5.91 Å². The van der Waals surface area contributed by atoms with Crippen molar-refractivity contribution in [1.29, 1.82) is 0 Å². The van der Waals surface area contributed by atoms with Gasteiger partial charge in [0.1, 0.15) is 0 Å². The van der Waals surface area contributed by atoms with Gasteiger partial charge in [-0.15, -0.1) is 0 Å². The van der Waals surface area contributed by atoms with Crippen LogP contribution in [0.2, 0.25) is 0 Å². The van der Waals surface area contributed by atoms with E-state index < -0.39 is 0 Å². The highest BCUT2D eigenvalue weighted by molar-refractivity contribution is 5.90. The molecular weight excluding hydrogens is 256 g/mol. The van der Waals surface area contributed by atoms with Crippen molar-refractivity contribution in [3.63, 3.8) is 0 Å². The first-order valence-electron chi connectivity index (χ1n) is 7.05. The predicted molar refractivity (Wildman–Crippen MR) is 78.5 cm³/mol. The molecule has 1 fully saturated rings. The zero-order valence-corrected chi connectivity index (χ0v) is 11.6. The molecule has 3 N–H and O–H groups in total. The summed E-state index contributed by atoms with van der Waals surface area (Å²) in [5, 5.41) is 2.83. The van der Waals surface area contributed by atoms with Crippen molar-refractivity contribution in [1.82, 2.24) is 0 Å². The first-order chi connectivity index (χ1) is 9.74. The van der Waals surface area contributed by atoms with Gasteiger partial charge in [-0.25, -0.2) is 0 Å². The molecule has 0 spiro atoms. The van der Waals surface area contributed by atoms with E-state index in [1.54, 1.807) is 24.3 Å². The summed E-state index contributed by atoms with van der Waals surface area (Å²) >= 11 is 0. The van der Waals surface area contributed by atoms with Gasteiger partial charge in [-0.2, -0.15) is 0 Å². The van der Waals surface area contributed by atoms with Gasteiger partial charge in [0.15, 0.2) is 0 Å². The lowest BCUT2D eigenvalue weighted by Gasteiger charge is -2.09. The van der Waals surface area contributed by atoms with E-state index in [4.69, 9.17) is 15.2 Å². The molecule has 0 aromatic heterocycles. The predicted octanol–water partition coefficient (Wildman–Crippen LogP) is 2.04. The maximum absolute atomic E-state index is 11.7. The fourth-order valence-electron chi connectivity index (χ4n) is 2.09. The fourth-order valence-corrected chi connectivity index (χ4v) is 2.09. The zero-order valence-electron chi connectivity index (χ0n) is 11.6. The van der Waals surface area contributed by atoms with Gasteiger partial charge < -0.3 is 20.5 Å². The van der Waals surface area contributed by atoms with Gasteiger partial charge in [0.05, 0.1) is 13.2 Å². The second kappa shape index (κ2) is 7.87. The zero-order chi connectivity index (χ0) is 14.2. The van der Waals surface area contributed by atoms with E-state index in [0.717, 1.165) is 38.3 Å². The molecule has 0 aliphatic carbocycles. The van der Waals surface area contributed by atoms with Crippen LogP contribution in [0.3, 0.4) is 0 Å². The number of carbonyl (C=O) groups is 1. The van der Waals surface area contributed by atoms with E-state index in [2.05, 4.69) is 5.32 Å². The number of carbonyl (C=O) groups excluding carboxylic acids is 1. The first kappa shape index (κ1) is 14.8. The minimum atomic E-state index is 0.00238. The number of anilines is 2. The van der Waals surface area contributed by atoms with Gasteiger partial charge in [0, 0.05) is 36.9 Å². The molecule has 1 aliphatic rings. The lowest BCUT2D eigenvalue weighted by molar-refractivity contribution is -0.116. The number of nitrogen functional groups attached to an aromatic ring is 1. The lowest BCUT2D eigenvalue weighted by atomic mass is 10.1. The maximum atomic E-state index is 11.7. The molecule has 110 valence electrons. The van der Waals surface area contributed by atoms with Crippen molar-refractivity contribution in [2.24, 2.45) is 5.92 Å². The molecule has 1 aromatic rings. The summed E-state index contributed by atoms with van der Waals surface area (Å²) in [6.45, 7) is 3.00. The second-order valence-electron chi connectivity index (χ2n) is 5.08. The highest BCUT2D eigenvalue weighted by atomic mass is 16.5. The molecule has 1 atom stereocenters. The van der Waals surface area contributed by atoms with Gasteiger partial charge in [-0.1, -0.05) is 0 Å². The van der Waals surface area contributed by atoms with Gasteiger partial charge in [-0.3, -0.25) is 4.79 Å². The maximum Gasteiger partial charge on any atom is 0.224 e. The Hall–Kier alpha value is -1.59. The van der Waals surface area contributed by atoms with Crippen molar-refractivity contribution < 1.29 is 14.3 Å². The molecule has 2 rings (SSSR count). The number of ether oxygens (including phenoxy) is 2. The topological polar surface area (TPSA) is 73.6 Å². The third kappa shape index (κ3) is 5.19. The summed E-state index contributed by atoms with van der Waals surface area (Å²) in [6, 6.07) is 7.12. The number of hydrogen-bond acceptors (Lipinski definition) is 4. The molecule has 0 radical (unpaired) electrons. The third-order valence-corrected chi connectivity index (χ3v) is 3.26. The van der Waals surface area contributed by atoms with Crippen LogP contribution >= 0.6 is 0 Å². The molecule has 1 amide bonds. The Kier molecular flexibility index (Phi) is 5.83. The number of rotatable bonds is 7. The summed E-state index contributed by atoms with van der Waals surface area (Å²) in [5.41, 5.74) is 7.04. The highest BCUT2D eigenvalue weighted by Gasteiger charge is 2.15. The number of hydrogen-bond donors (Lipinski definition) is 2. The van der Waals surface area contributed by atoms with Crippen LogP contribution in [-0.4, -0.2) is 32.3 Å². The van der Waals surface area contributed by atoms with Gasteiger partial charge in [-0.05, 0) is 37.1 Å². The Morgan fingerprint density at radius 1 is 1.40 bits per heavy atom. The minimum Gasteiger partial charge on any atom is -0.399 e. The largest absolute Gasteiger partial charge is 0.399 e. The molecular formula is C15H22N2O3. The lowest BCUT2D eigenvalue weighted by Crippen LogP contribution is -2.14. The molecule has 1 unspecified atom stereocenters. The van der Waals surface area contributed by atoms with E-state index in [1.807, 2.05) is 0 Å². The van der Waals surface area contributed by atoms with E-state index in [1.165, 1.54) is 0 Å². The van der Waals surface area contributed by atoms with Crippen molar-refractivity contribution >= 4 is 17.3 Å². The molecule has 0 bridgehead atoms. The van der Waals surface area contributed by atoms with Crippen LogP contribution in [0.4, 0.5) is 11.4 Å². The molecule has 1 saturated heterocycles. The Balaban J connectivity index is 1.54. The van der Waals surface area contributed by atoms with E-state index >= 15 is 0 Å². The molecule has 0 saturated carbocycles. The van der Waals surface area contributed by atoms with Crippen LogP contribution in [0.1, 0.15) is 19.3 Å². The Morgan fingerprint density at radius 2 is 2.20 bits per heavy atom. The number of nitrogens with one attached hydrogen (secondary N) is 1. The number of benzene rings is 1. The summed E-state index contributed by atoms with van der Waals surface area (Å²) in [6.07, 6.45) is 2.28. The molecule has 5 heteroatoms. The summed E-state index contributed by atoms with van der Waals surface area (Å²) in [4.78, 5) is 11.7. The summed E-state index contributed by atoms with van der Waals surface area (Å²) in [5.74, 6) is 0.529. The van der Waals surface area contributed by atoms with Crippen molar-refractivity contribution in [3.8, 4) is 0 Å². The molecule has 1 aliphatic heterocycles. The average Bonchev–Trinajstić information content (AvgIpc) is 2.94. The highest BCUT2D eigenvalue weighted by Crippen LogP contribution is 2.13. The van der Waals surface area contributed by atoms with Gasteiger partial charge in [0.25, 0.3) is 0 Å². The molecule has 1 heterocycles. The van der Waals surface area contributed by atoms with Crippen LogP contribution in [0, 0.1) is 5.92 Å². The third-order valence-electron chi connectivity index (χ3n) is 3.26. The smallest absolute Gasteiger partial charge is 0.224 e. The molecule has 20 heavy (non-hydrogen) atoms. The van der Waals surface area contributed by atoms with Crippen LogP contribution in [0.5, 0.6) is 0 Å². The standard InChI is InChI=1S/C15H22N2O3/c16-13-3-5-14(6-4-13)17-15(18)2-1-8-19-10-12-7-9-20-11-12/h3-6,12H,1-2,7-11,16H2,(H,17,18). The second-order valence-corrected chi connectivity index (χ2v) is 5.08. The molecule has 1 aromatic carbocycles. The van der Waals surface area contributed by atoms with Crippen molar-refractivity contribution in [3.05, 3.63) is 24.3 Å². The number of nitrogens with two attached hydrogens (primary N) is 1. The van der Waals surface area contributed by atoms with Crippen LogP contribution in [-0.2, 0) is 14.3 Å². The van der Waals surface area contributed by atoms with E-state index in [-0.39, 0.29) is 5.91 Å². The van der Waals surface area contributed by atoms with Crippen LogP contribution < -0.4 is 11.1 Å². The molecule has 5 nitrogen and oxygen atoms in total. The summed E-state index contributed by atoms with van der Waals surface area (Å²) < 4.78 is 10.8. The van der Waals surface area contributed by atoms with Crippen LogP contribution in [0.25, 0.3) is 0 Å². The van der Waals surface area contributed by atoms with E-state index in [9.17, 15) is 4.79 Å². The van der Waals surface area contributed by atoms with E-state index in [0.29, 0.717) is 24.6 Å². The summed E-state index contributed by atoms with van der Waals surface area (Å²) in [7, 11) is 0. The monoisotopic (exact) mass is 278 g/mol. The normalized spacial score (nSPS) is 18.1. The minimum absolute atomic E-state index is 0.00238. The Bertz CT molecular complexity index is 414. The fraction of sp³-hybridized carbons (Fsp3) is 0.533. The average molecular weight is 278 g/mol. The Labute approximate surface area is 119 Å². The quantitative estimate of drug-likeness (QED) is 0.591. The first-order valence-corrected chi connectivity index (χ1v) is 7.05. The number of amides is 1. The van der Waals surface area contributed by atoms with Gasteiger partial charge >= 0.3 is 0 Å². The Morgan fingerprint density at radius 3 is 2.90 bits per heavy atom. The van der Waals surface area contributed by atoms with Crippen molar-refractivity contribution in [2.75, 3.05) is 37.5 Å². The van der Waals surface area contributed by atoms with Crippen LogP contribution in [0.15, 0.2) is 24.3 Å². The SMILES string of the molecule is Nc1ccc(NC(=O)CCCOCC2CCOC2)cc1. The van der Waals surface area contributed by atoms with Crippen molar-refractivity contribution in [2.45, 2.75) is 19.3 Å².